The average Bonchev–Trinajstić information content (AvgIpc) is 2.56. The van der Waals surface area contributed by atoms with Gasteiger partial charge in [-0.1, -0.05) is 29.8 Å². The number of hydrogen-bond acceptors (Lipinski definition) is 4. The number of carboxylic acid groups (broad SMARTS) is 1. The number of rotatable bonds is 3. The van der Waals surface area contributed by atoms with Gasteiger partial charge in [-0.05, 0) is 31.9 Å². The maximum absolute atomic E-state index is 11.1. The van der Waals surface area contributed by atoms with Gasteiger partial charge in [-0.15, -0.1) is 10.2 Å². The Kier molecular flexibility index (Phi) is 4.04. The minimum absolute atomic E-state index is 0.313. The smallest absolute Gasteiger partial charge is 0.308 e. The van der Waals surface area contributed by atoms with E-state index in [2.05, 4.69) is 10.2 Å². The molecule has 0 bridgehead atoms. The first kappa shape index (κ1) is 14.5. The summed E-state index contributed by atoms with van der Waals surface area (Å²) in [5, 5.41) is 17.7. The molecule has 0 amide bonds. The number of hydrogen-bond donors (Lipinski definition) is 1. The number of aromatic nitrogens is 2. The maximum atomic E-state index is 11.1. The Morgan fingerprint density at radius 1 is 1.18 bits per heavy atom. The number of aliphatic carboxylic acids is 1. The third-order valence-electron chi connectivity index (χ3n) is 4.09. The van der Waals surface area contributed by atoms with Gasteiger partial charge in [0.15, 0.2) is 5.82 Å². The van der Waals surface area contributed by atoms with E-state index < -0.39 is 5.97 Å². The van der Waals surface area contributed by atoms with Crippen molar-refractivity contribution in [2.75, 3.05) is 18.0 Å². The summed E-state index contributed by atoms with van der Waals surface area (Å²) >= 11 is 0. The highest BCUT2D eigenvalue weighted by molar-refractivity contribution is 5.71. The topological polar surface area (TPSA) is 66.3 Å². The molecule has 0 saturated carbocycles. The van der Waals surface area contributed by atoms with Gasteiger partial charge in [-0.25, -0.2) is 0 Å². The van der Waals surface area contributed by atoms with E-state index >= 15 is 0 Å². The minimum Gasteiger partial charge on any atom is -0.481 e. The maximum Gasteiger partial charge on any atom is 0.308 e. The number of piperidine rings is 1. The van der Waals surface area contributed by atoms with Crippen LogP contribution in [0.1, 0.15) is 18.4 Å². The third kappa shape index (κ3) is 3.08. The van der Waals surface area contributed by atoms with Crippen LogP contribution >= 0.6 is 0 Å². The highest BCUT2D eigenvalue weighted by atomic mass is 16.4. The molecule has 2 aromatic rings. The van der Waals surface area contributed by atoms with Crippen molar-refractivity contribution in [1.29, 1.82) is 0 Å². The number of carboxylic acids is 1. The third-order valence-corrected chi connectivity index (χ3v) is 4.09. The zero-order chi connectivity index (χ0) is 15.5. The molecule has 1 unspecified atom stereocenters. The Bertz CT molecular complexity index is 653. The van der Waals surface area contributed by atoms with Gasteiger partial charge in [0.1, 0.15) is 0 Å². The molecule has 1 N–H and O–H groups in total. The zero-order valence-corrected chi connectivity index (χ0v) is 12.6. The second-order valence-electron chi connectivity index (χ2n) is 5.77. The molecule has 0 aliphatic carbocycles. The molecule has 0 radical (unpaired) electrons. The van der Waals surface area contributed by atoms with E-state index in [9.17, 15) is 4.79 Å². The van der Waals surface area contributed by atoms with Crippen molar-refractivity contribution in [2.24, 2.45) is 5.92 Å². The minimum atomic E-state index is -0.728. The summed E-state index contributed by atoms with van der Waals surface area (Å²) < 4.78 is 0. The summed E-state index contributed by atoms with van der Waals surface area (Å²) in [4.78, 5) is 13.1. The molecule has 1 atom stereocenters. The molecule has 5 nitrogen and oxygen atoms in total. The predicted octanol–water partition coefficient (Wildman–Crippen LogP) is 2.75. The number of anilines is 1. The molecule has 114 valence electrons. The number of benzene rings is 1. The number of aryl methyl sites for hydroxylation is 1. The van der Waals surface area contributed by atoms with Crippen LogP contribution in [0.3, 0.4) is 0 Å². The molecule has 1 aromatic carbocycles. The van der Waals surface area contributed by atoms with Gasteiger partial charge in [0, 0.05) is 18.7 Å². The molecule has 2 heterocycles. The van der Waals surface area contributed by atoms with Gasteiger partial charge in [0.25, 0.3) is 0 Å². The summed E-state index contributed by atoms with van der Waals surface area (Å²) in [6.45, 7) is 3.39. The van der Waals surface area contributed by atoms with Crippen molar-refractivity contribution in [1.82, 2.24) is 10.2 Å². The van der Waals surface area contributed by atoms with Crippen molar-refractivity contribution in [3.63, 3.8) is 0 Å². The van der Waals surface area contributed by atoms with Crippen molar-refractivity contribution in [3.8, 4) is 11.3 Å². The van der Waals surface area contributed by atoms with Gasteiger partial charge in [0.2, 0.25) is 0 Å². The standard InChI is InChI=1S/C17H19N3O2/c1-12-4-6-13(7-5-12)15-8-9-16(19-18-15)20-10-2-3-14(11-20)17(21)22/h4-9,14H,2-3,10-11H2,1H3,(H,21,22). The molecule has 1 fully saturated rings. The van der Waals surface area contributed by atoms with Crippen LogP contribution in [-0.2, 0) is 4.79 Å². The van der Waals surface area contributed by atoms with Gasteiger partial charge in [0.05, 0.1) is 11.6 Å². The Morgan fingerprint density at radius 2 is 1.95 bits per heavy atom. The van der Waals surface area contributed by atoms with Gasteiger partial charge in [-0.3, -0.25) is 4.79 Å². The molecular weight excluding hydrogens is 278 g/mol. The molecule has 5 heteroatoms. The fourth-order valence-corrected chi connectivity index (χ4v) is 2.76. The van der Waals surface area contributed by atoms with Crippen molar-refractivity contribution >= 4 is 11.8 Å². The van der Waals surface area contributed by atoms with Crippen LogP contribution < -0.4 is 4.90 Å². The lowest BCUT2D eigenvalue weighted by Crippen LogP contribution is -2.39. The molecule has 1 aliphatic rings. The highest BCUT2D eigenvalue weighted by Gasteiger charge is 2.26. The van der Waals surface area contributed by atoms with Crippen LogP contribution in [0.15, 0.2) is 36.4 Å². The van der Waals surface area contributed by atoms with E-state index in [1.165, 1.54) is 5.56 Å². The highest BCUT2D eigenvalue weighted by Crippen LogP contribution is 2.23. The van der Waals surface area contributed by atoms with E-state index in [4.69, 9.17) is 5.11 Å². The lowest BCUT2D eigenvalue weighted by atomic mass is 9.98. The fourth-order valence-electron chi connectivity index (χ4n) is 2.76. The monoisotopic (exact) mass is 297 g/mol. The molecule has 0 spiro atoms. The van der Waals surface area contributed by atoms with Gasteiger partial charge in [-0.2, -0.15) is 0 Å². The first-order chi connectivity index (χ1) is 10.6. The summed E-state index contributed by atoms with van der Waals surface area (Å²) in [6.07, 6.45) is 1.61. The second-order valence-corrected chi connectivity index (χ2v) is 5.77. The van der Waals surface area contributed by atoms with E-state index in [1.807, 2.05) is 48.2 Å². The lowest BCUT2D eigenvalue weighted by molar-refractivity contribution is -0.141. The normalized spacial score (nSPS) is 18.2. The zero-order valence-electron chi connectivity index (χ0n) is 12.6. The SMILES string of the molecule is Cc1ccc(-c2ccc(N3CCCC(C(=O)O)C3)nn2)cc1. The molecule has 22 heavy (non-hydrogen) atoms. The average molecular weight is 297 g/mol. The van der Waals surface area contributed by atoms with Crippen molar-refractivity contribution < 1.29 is 9.90 Å². The molecule has 1 aromatic heterocycles. The number of carbonyl (C=O) groups is 1. The summed E-state index contributed by atoms with van der Waals surface area (Å²) in [5.41, 5.74) is 3.07. The molecule has 3 rings (SSSR count). The fraction of sp³-hybridized carbons (Fsp3) is 0.353. The Hall–Kier alpha value is -2.43. The van der Waals surface area contributed by atoms with E-state index in [0.717, 1.165) is 36.5 Å². The van der Waals surface area contributed by atoms with E-state index in [-0.39, 0.29) is 5.92 Å². The van der Waals surface area contributed by atoms with Crippen molar-refractivity contribution in [3.05, 3.63) is 42.0 Å². The Balaban J connectivity index is 1.76. The van der Waals surface area contributed by atoms with Crippen LogP contribution in [-0.4, -0.2) is 34.4 Å². The first-order valence-corrected chi connectivity index (χ1v) is 7.52. The first-order valence-electron chi connectivity index (χ1n) is 7.52. The molecule has 1 saturated heterocycles. The van der Waals surface area contributed by atoms with Crippen LogP contribution in [0.5, 0.6) is 0 Å². The van der Waals surface area contributed by atoms with Gasteiger partial charge < -0.3 is 10.0 Å². The Labute approximate surface area is 129 Å². The largest absolute Gasteiger partial charge is 0.481 e. The van der Waals surface area contributed by atoms with Crippen LogP contribution in [0.4, 0.5) is 5.82 Å². The Morgan fingerprint density at radius 3 is 2.59 bits per heavy atom. The molecule has 1 aliphatic heterocycles. The summed E-state index contributed by atoms with van der Waals surface area (Å²) in [6, 6.07) is 12.0. The predicted molar refractivity (Wildman–Crippen MR) is 84.8 cm³/mol. The van der Waals surface area contributed by atoms with Gasteiger partial charge >= 0.3 is 5.97 Å². The van der Waals surface area contributed by atoms with Crippen molar-refractivity contribution in [2.45, 2.75) is 19.8 Å². The number of nitrogens with zero attached hydrogens (tertiary/aromatic N) is 3. The van der Waals surface area contributed by atoms with Crippen LogP contribution in [0, 0.1) is 12.8 Å². The summed E-state index contributed by atoms with van der Waals surface area (Å²) in [7, 11) is 0. The van der Waals surface area contributed by atoms with Crippen LogP contribution in [0.2, 0.25) is 0 Å². The van der Waals surface area contributed by atoms with E-state index in [1.54, 1.807) is 0 Å². The molecular formula is C17H19N3O2. The van der Waals surface area contributed by atoms with E-state index in [0.29, 0.717) is 6.54 Å². The summed E-state index contributed by atoms with van der Waals surface area (Å²) in [5.74, 6) is -0.289. The quantitative estimate of drug-likeness (QED) is 0.943. The second kappa shape index (κ2) is 6.13. The lowest BCUT2D eigenvalue weighted by Gasteiger charge is -2.31. The van der Waals surface area contributed by atoms with Crippen LogP contribution in [0.25, 0.3) is 11.3 Å².